The van der Waals surface area contributed by atoms with Crippen LogP contribution < -0.4 is 20.1 Å². The summed E-state index contributed by atoms with van der Waals surface area (Å²) in [6.45, 7) is 0.627. The minimum atomic E-state index is -0.123. The molecule has 2 aliphatic rings. The van der Waals surface area contributed by atoms with Crippen LogP contribution in [-0.2, 0) is 5.41 Å². The molecule has 0 saturated heterocycles. The van der Waals surface area contributed by atoms with Crippen molar-refractivity contribution in [2.45, 2.75) is 18.3 Å². The number of amides is 1. The van der Waals surface area contributed by atoms with Gasteiger partial charge >= 0.3 is 0 Å². The number of anilines is 2. The van der Waals surface area contributed by atoms with E-state index in [4.69, 9.17) is 21.1 Å². The molecular weight excluding hydrogens is 454 g/mol. The Hall–Kier alpha value is -3.78. The lowest BCUT2D eigenvalue weighted by atomic mass is 9.93. The van der Waals surface area contributed by atoms with Crippen LogP contribution in [0.4, 0.5) is 11.4 Å². The standard InChI is InChI=1S/C25H22ClN5O3/c1-33-17-7-6-15-19(30-17)13(8-11-27-15)20-21(29-16-5-3-4-14(26)22(16)34-2)18-23(31-20)25(9-10-25)12-28-24(18)32/h3-8,11,29,31H,9-10,12H2,1-2H3,(H,28,32). The Balaban J connectivity index is 1.62. The number of aromatic amines is 1. The number of methoxy groups -OCH3 is 2. The van der Waals surface area contributed by atoms with E-state index in [0.717, 1.165) is 35.3 Å². The molecule has 0 bridgehead atoms. The normalized spacial score (nSPS) is 15.7. The maximum Gasteiger partial charge on any atom is 0.255 e. The number of H-pyrrole nitrogens is 1. The summed E-state index contributed by atoms with van der Waals surface area (Å²) in [6, 6.07) is 11.0. The SMILES string of the molecule is COc1ccc2nccc(-c3[nH]c4c(c3Nc3cccc(Cl)c3OC)C(=O)NCC43CC3)c2n1. The molecular formula is C25H22ClN5O3. The van der Waals surface area contributed by atoms with E-state index in [1.165, 1.54) is 0 Å². The third-order valence-electron chi connectivity index (χ3n) is 6.67. The Morgan fingerprint density at radius 1 is 1.12 bits per heavy atom. The van der Waals surface area contributed by atoms with Crippen molar-refractivity contribution < 1.29 is 14.3 Å². The summed E-state index contributed by atoms with van der Waals surface area (Å²) in [5, 5.41) is 7.00. The molecule has 1 fully saturated rings. The number of carbonyl (C=O) groups is 1. The fourth-order valence-corrected chi connectivity index (χ4v) is 4.98. The van der Waals surface area contributed by atoms with Gasteiger partial charge < -0.3 is 25.1 Å². The third kappa shape index (κ3) is 3.09. The highest BCUT2D eigenvalue weighted by Crippen LogP contribution is 2.54. The van der Waals surface area contributed by atoms with Crippen molar-refractivity contribution in [3.8, 4) is 22.9 Å². The molecule has 1 amide bonds. The maximum atomic E-state index is 13.2. The molecule has 0 radical (unpaired) electrons. The quantitative estimate of drug-likeness (QED) is 0.383. The molecule has 8 nitrogen and oxygen atoms in total. The Kier molecular flexibility index (Phi) is 4.67. The molecule has 1 saturated carbocycles. The Bertz CT molecular complexity index is 1460. The van der Waals surface area contributed by atoms with Crippen LogP contribution in [-0.4, -0.2) is 41.6 Å². The summed E-state index contributed by atoms with van der Waals surface area (Å²) >= 11 is 6.38. The number of nitrogens with zero attached hydrogens (tertiary/aromatic N) is 2. The van der Waals surface area contributed by atoms with E-state index in [-0.39, 0.29) is 11.3 Å². The monoisotopic (exact) mass is 475 g/mol. The molecule has 1 aromatic carbocycles. The minimum absolute atomic E-state index is 0.0652. The number of para-hydroxylation sites is 1. The molecule has 9 heteroatoms. The van der Waals surface area contributed by atoms with E-state index in [1.807, 2.05) is 24.3 Å². The Morgan fingerprint density at radius 3 is 2.74 bits per heavy atom. The van der Waals surface area contributed by atoms with E-state index < -0.39 is 0 Å². The summed E-state index contributed by atoms with van der Waals surface area (Å²) in [4.78, 5) is 25.9. The van der Waals surface area contributed by atoms with Gasteiger partial charge in [-0.05, 0) is 37.1 Å². The zero-order valence-electron chi connectivity index (χ0n) is 18.7. The van der Waals surface area contributed by atoms with Crippen LogP contribution in [0, 0.1) is 0 Å². The van der Waals surface area contributed by atoms with Gasteiger partial charge in [-0.2, -0.15) is 0 Å². The summed E-state index contributed by atoms with van der Waals surface area (Å²) in [5.41, 5.74) is 5.76. The number of rotatable bonds is 5. The van der Waals surface area contributed by atoms with Crippen molar-refractivity contribution in [3.05, 3.63) is 58.9 Å². The first kappa shape index (κ1) is 20.8. The van der Waals surface area contributed by atoms with Gasteiger partial charge in [-0.1, -0.05) is 17.7 Å². The Morgan fingerprint density at radius 2 is 1.97 bits per heavy atom. The number of hydrogen-bond acceptors (Lipinski definition) is 6. The molecule has 3 aromatic heterocycles. The highest BCUT2D eigenvalue weighted by Gasteiger charge is 2.51. The Labute approximate surface area is 200 Å². The highest BCUT2D eigenvalue weighted by atomic mass is 35.5. The van der Waals surface area contributed by atoms with Gasteiger partial charge in [-0.25, -0.2) is 4.98 Å². The fourth-order valence-electron chi connectivity index (χ4n) is 4.73. The molecule has 1 aliphatic heterocycles. The van der Waals surface area contributed by atoms with E-state index in [2.05, 4.69) is 25.6 Å². The van der Waals surface area contributed by atoms with E-state index in [0.29, 0.717) is 45.7 Å². The first-order valence-electron chi connectivity index (χ1n) is 11.0. The lowest BCUT2D eigenvalue weighted by Gasteiger charge is -2.23. The molecule has 4 heterocycles. The van der Waals surface area contributed by atoms with Crippen molar-refractivity contribution in [2.24, 2.45) is 0 Å². The molecule has 4 aromatic rings. The number of nitrogens with one attached hydrogen (secondary N) is 3. The van der Waals surface area contributed by atoms with Crippen LogP contribution in [0.3, 0.4) is 0 Å². The lowest BCUT2D eigenvalue weighted by molar-refractivity contribution is 0.0938. The van der Waals surface area contributed by atoms with Crippen molar-refractivity contribution in [1.29, 1.82) is 0 Å². The average molecular weight is 476 g/mol. The molecule has 6 rings (SSSR count). The molecule has 3 N–H and O–H groups in total. The number of ether oxygens (including phenoxy) is 2. The number of benzene rings is 1. The lowest BCUT2D eigenvalue weighted by Crippen LogP contribution is -2.39. The van der Waals surface area contributed by atoms with Crippen LogP contribution in [0.15, 0.2) is 42.6 Å². The van der Waals surface area contributed by atoms with Crippen LogP contribution in [0.25, 0.3) is 22.3 Å². The zero-order chi connectivity index (χ0) is 23.4. The number of halogens is 1. The summed E-state index contributed by atoms with van der Waals surface area (Å²) in [5.74, 6) is 0.865. The van der Waals surface area contributed by atoms with Crippen LogP contribution in [0.5, 0.6) is 11.6 Å². The molecule has 0 unspecified atom stereocenters. The third-order valence-corrected chi connectivity index (χ3v) is 6.96. The average Bonchev–Trinajstić information content (AvgIpc) is 3.54. The summed E-state index contributed by atoms with van der Waals surface area (Å²) in [7, 11) is 3.15. The number of fused-ring (bicyclic) bond motifs is 3. The first-order valence-corrected chi connectivity index (χ1v) is 11.4. The molecule has 0 atom stereocenters. The van der Waals surface area contributed by atoms with E-state index in [1.54, 1.807) is 32.5 Å². The predicted octanol–water partition coefficient (Wildman–Crippen LogP) is 4.81. The van der Waals surface area contributed by atoms with Crippen LogP contribution in [0.2, 0.25) is 5.02 Å². The second-order valence-corrected chi connectivity index (χ2v) is 9.02. The van der Waals surface area contributed by atoms with Gasteiger partial charge in [0.2, 0.25) is 5.88 Å². The minimum Gasteiger partial charge on any atom is -0.493 e. The van der Waals surface area contributed by atoms with Gasteiger partial charge in [0.15, 0.2) is 5.75 Å². The number of aromatic nitrogens is 3. The highest BCUT2D eigenvalue weighted by molar-refractivity contribution is 6.32. The van der Waals surface area contributed by atoms with Gasteiger partial charge in [0.25, 0.3) is 5.91 Å². The summed E-state index contributed by atoms with van der Waals surface area (Å²) < 4.78 is 10.9. The van der Waals surface area contributed by atoms with Gasteiger partial charge in [-0.3, -0.25) is 9.78 Å². The van der Waals surface area contributed by atoms with Crippen molar-refractivity contribution in [2.75, 3.05) is 26.1 Å². The largest absolute Gasteiger partial charge is 0.493 e. The smallest absolute Gasteiger partial charge is 0.255 e. The van der Waals surface area contributed by atoms with Gasteiger partial charge in [0, 0.05) is 35.5 Å². The number of carbonyl (C=O) groups excluding carboxylic acids is 1. The summed E-state index contributed by atoms with van der Waals surface area (Å²) in [6.07, 6.45) is 3.77. The second kappa shape index (κ2) is 7.63. The van der Waals surface area contributed by atoms with Gasteiger partial charge in [0.1, 0.15) is 5.52 Å². The van der Waals surface area contributed by atoms with Crippen LogP contribution in [0.1, 0.15) is 28.9 Å². The van der Waals surface area contributed by atoms with Gasteiger partial charge in [0.05, 0.1) is 47.4 Å². The first-order chi connectivity index (χ1) is 16.5. The van der Waals surface area contributed by atoms with Crippen molar-refractivity contribution in [1.82, 2.24) is 20.3 Å². The topological polar surface area (TPSA) is 101 Å². The number of pyridine rings is 2. The van der Waals surface area contributed by atoms with Crippen molar-refractivity contribution in [3.63, 3.8) is 0 Å². The zero-order valence-corrected chi connectivity index (χ0v) is 19.4. The maximum absolute atomic E-state index is 13.2. The molecule has 1 aliphatic carbocycles. The molecule has 34 heavy (non-hydrogen) atoms. The molecule has 1 spiro atoms. The predicted molar refractivity (Wildman–Crippen MR) is 130 cm³/mol. The number of hydrogen-bond donors (Lipinski definition) is 3. The fraction of sp³-hybridized carbons (Fsp3) is 0.240. The molecule has 172 valence electrons. The van der Waals surface area contributed by atoms with Crippen molar-refractivity contribution >= 4 is 39.9 Å². The van der Waals surface area contributed by atoms with E-state index in [9.17, 15) is 4.79 Å². The van der Waals surface area contributed by atoms with E-state index >= 15 is 0 Å². The van der Waals surface area contributed by atoms with Crippen LogP contribution >= 0.6 is 11.6 Å². The second-order valence-electron chi connectivity index (χ2n) is 8.61. The van der Waals surface area contributed by atoms with Gasteiger partial charge in [-0.15, -0.1) is 0 Å².